The van der Waals surface area contributed by atoms with Crippen molar-refractivity contribution in [2.75, 3.05) is 12.4 Å². The maximum absolute atomic E-state index is 5.96. The molecule has 0 fully saturated rings. The zero-order chi connectivity index (χ0) is 17.8. The van der Waals surface area contributed by atoms with Crippen LogP contribution in [-0.4, -0.2) is 27.7 Å². The van der Waals surface area contributed by atoms with Crippen LogP contribution >= 0.6 is 11.6 Å². The highest BCUT2D eigenvalue weighted by atomic mass is 35.5. The number of pyridine rings is 2. The van der Waals surface area contributed by atoms with Crippen molar-refractivity contribution in [3.63, 3.8) is 0 Å². The van der Waals surface area contributed by atoms with Gasteiger partial charge in [0.1, 0.15) is 11.5 Å². The summed E-state index contributed by atoms with van der Waals surface area (Å²) in [7, 11) is 1.84. The van der Waals surface area contributed by atoms with Crippen LogP contribution in [0.2, 0.25) is 5.02 Å². The van der Waals surface area contributed by atoms with E-state index in [2.05, 4.69) is 33.5 Å². The predicted octanol–water partition coefficient (Wildman–Crippen LogP) is 4.02. The number of nitrogens with zero attached hydrogens (tertiary/aromatic N) is 4. The van der Waals surface area contributed by atoms with E-state index in [-0.39, 0.29) is 0 Å². The van der Waals surface area contributed by atoms with Gasteiger partial charge in [-0.15, -0.1) is 0 Å². The lowest BCUT2D eigenvalue weighted by molar-refractivity contribution is 0.460. The standard InChI is InChI=1S/C19H18ClN5/c1-13-4-6-18(24-25(13)3)14(2)23-19-7-5-15(11-22-19)8-16-9-17(20)12-21-10-16/h4-7,9-12H,1-2,8H2,3H3,(H,22,23). The lowest BCUT2D eigenvalue weighted by Crippen LogP contribution is -2.19. The zero-order valence-corrected chi connectivity index (χ0v) is 14.7. The van der Waals surface area contributed by atoms with Gasteiger partial charge in [-0.05, 0) is 35.4 Å². The minimum atomic E-state index is 0.633. The van der Waals surface area contributed by atoms with Crippen molar-refractivity contribution in [2.45, 2.75) is 6.42 Å². The average molecular weight is 352 g/mol. The van der Waals surface area contributed by atoms with Gasteiger partial charge in [-0.2, -0.15) is 5.10 Å². The van der Waals surface area contributed by atoms with Crippen LogP contribution in [0.25, 0.3) is 0 Å². The first kappa shape index (κ1) is 16.9. The molecule has 2 aromatic heterocycles. The summed E-state index contributed by atoms with van der Waals surface area (Å²) < 4.78 is 0. The number of allylic oxidation sites excluding steroid dienone is 2. The molecule has 25 heavy (non-hydrogen) atoms. The number of nitrogens with one attached hydrogen (secondary N) is 1. The second-order valence-electron chi connectivity index (χ2n) is 5.68. The fourth-order valence-corrected chi connectivity index (χ4v) is 2.51. The van der Waals surface area contributed by atoms with Gasteiger partial charge in [-0.3, -0.25) is 9.99 Å². The number of rotatable bonds is 5. The zero-order valence-electron chi connectivity index (χ0n) is 13.9. The molecule has 1 N–H and O–H groups in total. The van der Waals surface area contributed by atoms with Crippen molar-refractivity contribution in [3.05, 3.63) is 89.6 Å². The fourth-order valence-electron chi connectivity index (χ4n) is 2.31. The van der Waals surface area contributed by atoms with Crippen LogP contribution in [0.5, 0.6) is 0 Å². The number of hydrogen-bond acceptors (Lipinski definition) is 5. The number of aromatic nitrogens is 2. The molecule has 2 aromatic rings. The Morgan fingerprint density at radius 2 is 2.04 bits per heavy atom. The van der Waals surface area contributed by atoms with Gasteiger partial charge in [0.05, 0.1) is 16.4 Å². The number of anilines is 1. The number of likely N-dealkylation sites (N-methyl/N-ethyl adjacent to an activating group) is 1. The van der Waals surface area contributed by atoms with Crippen molar-refractivity contribution in [1.82, 2.24) is 15.0 Å². The third kappa shape index (κ3) is 4.33. The minimum Gasteiger partial charge on any atom is -0.339 e. The summed E-state index contributed by atoms with van der Waals surface area (Å²) in [6.45, 7) is 7.90. The third-order valence-corrected chi connectivity index (χ3v) is 3.90. The topological polar surface area (TPSA) is 53.4 Å². The van der Waals surface area contributed by atoms with Crippen LogP contribution in [0.1, 0.15) is 11.1 Å². The summed E-state index contributed by atoms with van der Waals surface area (Å²) in [5, 5.41) is 9.90. The van der Waals surface area contributed by atoms with E-state index in [9.17, 15) is 0 Å². The van der Waals surface area contributed by atoms with E-state index in [0.29, 0.717) is 16.5 Å². The Labute approximate surface area is 152 Å². The second kappa shape index (κ2) is 7.32. The molecule has 0 bridgehead atoms. The highest BCUT2D eigenvalue weighted by Crippen LogP contribution is 2.16. The van der Waals surface area contributed by atoms with Gasteiger partial charge >= 0.3 is 0 Å². The number of hydrogen-bond donors (Lipinski definition) is 1. The van der Waals surface area contributed by atoms with Gasteiger partial charge in [-0.25, -0.2) is 4.98 Å². The van der Waals surface area contributed by atoms with E-state index in [1.54, 1.807) is 17.4 Å². The molecular weight excluding hydrogens is 334 g/mol. The molecular formula is C19H18ClN5. The SMILES string of the molecule is C=C(Nc1ccc(Cc2cncc(Cl)c2)cn1)C1=NN(C)C(=C)C=C1. The lowest BCUT2D eigenvalue weighted by atomic mass is 10.1. The minimum absolute atomic E-state index is 0.633. The summed E-state index contributed by atoms with van der Waals surface area (Å²) in [4.78, 5) is 8.52. The molecule has 3 rings (SSSR count). The van der Waals surface area contributed by atoms with Gasteiger partial charge < -0.3 is 5.32 Å². The predicted molar refractivity (Wildman–Crippen MR) is 103 cm³/mol. The van der Waals surface area contributed by atoms with E-state index in [1.165, 1.54) is 0 Å². The van der Waals surface area contributed by atoms with Crippen LogP contribution in [-0.2, 0) is 6.42 Å². The molecule has 0 spiro atoms. The first-order valence-corrected chi connectivity index (χ1v) is 8.09. The van der Waals surface area contributed by atoms with Crippen LogP contribution in [0.15, 0.2) is 78.6 Å². The summed E-state index contributed by atoms with van der Waals surface area (Å²) in [5.74, 6) is 0.709. The van der Waals surface area contributed by atoms with Crippen molar-refractivity contribution in [1.29, 1.82) is 0 Å². The van der Waals surface area contributed by atoms with Crippen molar-refractivity contribution in [2.24, 2.45) is 5.10 Å². The summed E-state index contributed by atoms with van der Waals surface area (Å²) >= 11 is 5.96. The Kier molecular flexibility index (Phi) is 4.95. The largest absolute Gasteiger partial charge is 0.339 e. The van der Waals surface area contributed by atoms with E-state index in [4.69, 9.17) is 11.6 Å². The molecule has 6 heteroatoms. The van der Waals surface area contributed by atoms with E-state index in [1.807, 2.05) is 43.6 Å². The van der Waals surface area contributed by atoms with E-state index in [0.717, 1.165) is 29.0 Å². The van der Waals surface area contributed by atoms with Crippen molar-refractivity contribution < 1.29 is 0 Å². The Morgan fingerprint density at radius 1 is 1.20 bits per heavy atom. The van der Waals surface area contributed by atoms with Gasteiger partial charge in [0.2, 0.25) is 0 Å². The molecule has 0 saturated heterocycles. The Balaban J connectivity index is 1.65. The van der Waals surface area contributed by atoms with E-state index >= 15 is 0 Å². The average Bonchev–Trinajstić information content (AvgIpc) is 2.59. The summed E-state index contributed by atoms with van der Waals surface area (Å²) in [6.07, 6.45) is 9.74. The van der Waals surface area contributed by atoms with Crippen LogP contribution in [0.3, 0.4) is 0 Å². The molecule has 0 unspecified atom stereocenters. The highest BCUT2D eigenvalue weighted by molar-refractivity contribution is 6.30. The fraction of sp³-hybridized carbons (Fsp3) is 0.105. The molecule has 0 atom stereocenters. The smallest absolute Gasteiger partial charge is 0.130 e. The summed E-state index contributed by atoms with van der Waals surface area (Å²) in [5.41, 5.74) is 4.37. The molecule has 0 amide bonds. The monoisotopic (exact) mass is 351 g/mol. The molecule has 0 aromatic carbocycles. The number of halogens is 1. The molecule has 126 valence electrons. The molecule has 0 aliphatic carbocycles. The Hall–Kier alpha value is -2.92. The molecule has 0 radical (unpaired) electrons. The Morgan fingerprint density at radius 3 is 2.72 bits per heavy atom. The van der Waals surface area contributed by atoms with E-state index < -0.39 is 0 Å². The van der Waals surface area contributed by atoms with Crippen LogP contribution in [0.4, 0.5) is 5.82 Å². The maximum Gasteiger partial charge on any atom is 0.130 e. The molecule has 1 aliphatic rings. The molecule has 0 saturated carbocycles. The van der Waals surface area contributed by atoms with Crippen molar-refractivity contribution >= 4 is 23.1 Å². The highest BCUT2D eigenvalue weighted by Gasteiger charge is 2.10. The third-order valence-electron chi connectivity index (χ3n) is 3.69. The van der Waals surface area contributed by atoms with Gasteiger partial charge in [0.15, 0.2) is 0 Å². The van der Waals surface area contributed by atoms with Gasteiger partial charge in [0.25, 0.3) is 0 Å². The van der Waals surface area contributed by atoms with Crippen LogP contribution < -0.4 is 5.32 Å². The Bertz CT molecular complexity index is 868. The van der Waals surface area contributed by atoms with Gasteiger partial charge in [0, 0.05) is 32.1 Å². The molecule has 5 nitrogen and oxygen atoms in total. The second-order valence-corrected chi connectivity index (χ2v) is 6.11. The molecule has 3 heterocycles. The first-order valence-electron chi connectivity index (χ1n) is 7.71. The summed E-state index contributed by atoms with van der Waals surface area (Å²) in [6, 6.07) is 5.82. The number of hydrazone groups is 1. The van der Waals surface area contributed by atoms with Crippen molar-refractivity contribution in [3.8, 4) is 0 Å². The molecule has 1 aliphatic heterocycles. The maximum atomic E-state index is 5.96. The first-order chi connectivity index (χ1) is 12.0. The lowest BCUT2D eigenvalue weighted by Gasteiger charge is -2.20. The van der Waals surface area contributed by atoms with Gasteiger partial charge in [-0.1, -0.05) is 30.8 Å². The quantitative estimate of drug-likeness (QED) is 0.884. The normalized spacial score (nSPS) is 13.6. The van der Waals surface area contributed by atoms with Crippen LogP contribution in [0, 0.1) is 0 Å².